The van der Waals surface area contributed by atoms with Gasteiger partial charge in [0.25, 0.3) is 0 Å². The summed E-state index contributed by atoms with van der Waals surface area (Å²) in [5.41, 5.74) is 1.12. The van der Waals surface area contributed by atoms with Gasteiger partial charge in [-0.3, -0.25) is 9.69 Å². The van der Waals surface area contributed by atoms with Crippen molar-refractivity contribution in [3.05, 3.63) is 52.0 Å². The van der Waals surface area contributed by atoms with E-state index in [-0.39, 0.29) is 30.9 Å². The van der Waals surface area contributed by atoms with E-state index in [1.54, 1.807) is 30.6 Å². The van der Waals surface area contributed by atoms with Crippen LogP contribution in [0.1, 0.15) is 36.8 Å². The van der Waals surface area contributed by atoms with Gasteiger partial charge in [0.05, 0.1) is 25.3 Å². The van der Waals surface area contributed by atoms with Crippen LogP contribution >= 0.6 is 11.3 Å². The van der Waals surface area contributed by atoms with Gasteiger partial charge in [-0.05, 0) is 66.6 Å². The molecule has 2 atom stereocenters. The Morgan fingerprint density at radius 3 is 2.76 bits per heavy atom. The van der Waals surface area contributed by atoms with E-state index in [2.05, 4.69) is 25.3 Å². The van der Waals surface area contributed by atoms with Crippen LogP contribution in [0.2, 0.25) is 0 Å². The fourth-order valence-corrected chi connectivity index (χ4v) is 5.01. The first kappa shape index (κ1) is 25.6. The number of carbonyl (C=O) groups is 1. The van der Waals surface area contributed by atoms with Gasteiger partial charge < -0.3 is 19.5 Å². The lowest BCUT2D eigenvalue weighted by Gasteiger charge is -2.37. The molecule has 0 fully saturated rings. The first-order valence-electron chi connectivity index (χ1n) is 11.5. The predicted molar refractivity (Wildman–Crippen MR) is 128 cm³/mol. The zero-order valence-corrected chi connectivity index (χ0v) is 20.5. The standard InChI is InChI=1S/C25H35FN2O4S/c1-18(2)8-11-27(14-20(29)16-31-3)15-25(30)28-12-9-24-22(10-13-33-24)23(28)17-32-21-6-4-19(26)5-7-21/h4-7,10,13,18,20,23,29H,8-9,11-12,14-17H2,1-3H3/t20-,23-/m1/s1. The number of halogens is 1. The summed E-state index contributed by atoms with van der Waals surface area (Å²) in [6, 6.07) is 7.80. The molecule has 0 saturated carbocycles. The zero-order valence-electron chi connectivity index (χ0n) is 19.7. The van der Waals surface area contributed by atoms with Gasteiger partial charge in [0.2, 0.25) is 5.91 Å². The minimum absolute atomic E-state index is 0.0212. The Morgan fingerprint density at radius 1 is 1.30 bits per heavy atom. The normalized spacial score (nSPS) is 16.8. The third-order valence-corrected chi connectivity index (χ3v) is 6.84. The summed E-state index contributed by atoms with van der Waals surface area (Å²) in [5, 5.41) is 12.3. The Balaban J connectivity index is 1.71. The van der Waals surface area contributed by atoms with Gasteiger partial charge in [0, 0.05) is 25.1 Å². The number of ether oxygens (including phenoxy) is 2. The summed E-state index contributed by atoms with van der Waals surface area (Å²) < 4.78 is 24.3. The lowest BCUT2D eigenvalue weighted by atomic mass is 10.00. The molecule has 1 aliphatic heterocycles. The van der Waals surface area contributed by atoms with Gasteiger partial charge in [-0.25, -0.2) is 4.39 Å². The maximum atomic E-state index is 13.5. The van der Waals surface area contributed by atoms with Gasteiger partial charge in [0.1, 0.15) is 18.2 Å². The molecular formula is C25H35FN2O4S. The third kappa shape index (κ3) is 7.50. The Bertz CT molecular complexity index is 874. The van der Waals surface area contributed by atoms with Crippen molar-refractivity contribution in [2.75, 3.05) is 46.5 Å². The highest BCUT2D eigenvalue weighted by atomic mass is 32.1. The molecule has 0 spiro atoms. The number of hydrogen-bond donors (Lipinski definition) is 1. The van der Waals surface area contributed by atoms with Crippen LogP contribution in [-0.2, 0) is 16.0 Å². The Labute approximate surface area is 199 Å². The molecule has 1 N–H and O–H groups in total. The highest BCUT2D eigenvalue weighted by Crippen LogP contribution is 2.34. The average molecular weight is 479 g/mol. The number of hydrogen-bond acceptors (Lipinski definition) is 6. The van der Waals surface area contributed by atoms with Crippen LogP contribution in [0.4, 0.5) is 4.39 Å². The molecule has 8 heteroatoms. The van der Waals surface area contributed by atoms with Crippen LogP contribution in [0.25, 0.3) is 0 Å². The van der Waals surface area contributed by atoms with Crippen molar-refractivity contribution in [2.24, 2.45) is 5.92 Å². The molecule has 3 rings (SSSR count). The van der Waals surface area contributed by atoms with E-state index in [1.807, 2.05) is 9.80 Å². The number of carbonyl (C=O) groups excluding carboxylic acids is 1. The molecule has 1 aromatic heterocycles. The maximum absolute atomic E-state index is 13.5. The molecule has 0 saturated heterocycles. The molecule has 33 heavy (non-hydrogen) atoms. The van der Waals surface area contributed by atoms with Crippen molar-refractivity contribution in [3.63, 3.8) is 0 Å². The molecule has 6 nitrogen and oxygen atoms in total. The SMILES string of the molecule is COC[C@H](O)CN(CCC(C)C)CC(=O)N1CCc2sccc2[C@H]1COc1ccc(F)cc1. The van der Waals surface area contributed by atoms with E-state index >= 15 is 0 Å². The molecule has 0 unspecified atom stereocenters. The van der Waals surface area contributed by atoms with Crippen molar-refractivity contribution < 1.29 is 23.8 Å². The molecule has 0 radical (unpaired) electrons. The maximum Gasteiger partial charge on any atom is 0.237 e. The average Bonchev–Trinajstić information content (AvgIpc) is 3.26. The van der Waals surface area contributed by atoms with Crippen molar-refractivity contribution in [1.82, 2.24) is 9.80 Å². The van der Waals surface area contributed by atoms with E-state index in [4.69, 9.17) is 9.47 Å². The molecule has 2 heterocycles. The molecule has 2 aromatic rings. The topological polar surface area (TPSA) is 62.2 Å². The summed E-state index contributed by atoms with van der Waals surface area (Å²) in [5.74, 6) is 0.789. The lowest BCUT2D eigenvalue weighted by Crippen LogP contribution is -2.48. The van der Waals surface area contributed by atoms with Crippen LogP contribution in [0, 0.1) is 11.7 Å². The van der Waals surface area contributed by atoms with Gasteiger partial charge in [-0.1, -0.05) is 13.8 Å². The van der Waals surface area contributed by atoms with E-state index in [0.29, 0.717) is 31.4 Å². The fourth-order valence-electron chi connectivity index (χ4n) is 4.08. The third-order valence-electron chi connectivity index (χ3n) is 5.85. The van der Waals surface area contributed by atoms with Crippen molar-refractivity contribution in [2.45, 2.75) is 38.8 Å². The molecule has 1 amide bonds. The quantitative estimate of drug-likeness (QED) is 0.504. The van der Waals surface area contributed by atoms with Crippen molar-refractivity contribution >= 4 is 17.2 Å². The van der Waals surface area contributed by atoms with Crippen LogP contribution in [0.15, 0.2) is 35.7 Å². The van der Waals surface area contributed by atoms with Gasteiger partial charge >= 0.3 is 0 Å². The molecular weight excluding hydrogens is 443 g/mol. The van der Waals surface area contributed by atoms with Crippen LogP contribution in [0.5, 0.6) is 5.75 Å². The first-order valence-corrected chi connectivity index (χ1v) is 12.4. The summed E-state index contributed by atoms with van der Waals surface area (Å²) in [6.45, 7) is 6.83. The van der Waals surface area contributed by atoms with Crippen LogP contribution in [0.3, 0.4) is 0 Å². The number of nitrogens with zero attached hydrogens (tertiary/aromatic N) is 2. The predicted octanol–water partition coefficient (Wildman–Crippen LogP) is 3.75. The Kier molecular flexibility index (Phi) is 9.67. The van der Waals surface area contributed by atoms with Gasteiger partial charge in [0.15, 0.2) is 0 Å². The second-order valence-electron chi connectivity index (χ2n) is 8.94. The first-order chi connectivity index (χ1) is 15.9. The van der Waals surface area contributed by atoms with E-state index in [0.717, 1.165) is 24.9 Å². The van der Waals surface area contributed by atoms with E-state index < -0.39 is 6.10 Å². The molecule has 0 bridgehead atoms. The van der Waals surface area contributed by atoms with E-state index in [1.165, 1.54) is 17.0 Å². The Morgan fingerprint density at radius 2 is 2.06 bits per heavy atom. The number of fused-ring (bicyclic) bond motifs is 1. The number of aliphatic hydroxyl groups is 1. The molecule has 1 aliphatic rings. The van der Waals surface area contributed by atoms with Crippen molar-refractivity contribution in [1.29, 1.82) is 0 Å². The monoisotopic (exact) mass is 478 g/mol. The number of amides is 1. The van der Waals surface area contributed by atoms with Crippen LogP contribution in [-0.4, -0.2) is 73.4 Å². The fraction of sp³-hybridized carbons (Fsp3) is 0.560. The number of benzene rings is 1. The second kappa shape index (κ2) is 12.5. The van der Waals surface area contributed by atoms with Crippen LogP contribution < -0.4 is 4.74 Å². The van der Waals surface area contributed by atoms with Gasteiger partial charge in [-0.2, -0.15) is 0 Å². The van der Waals surface area contributed by atoms with Crippen molar-refractivity contribution in [3.8, 4) is 5.75 Å². The number of methoxy groups -OCH3 is 1. The lowest BCUT2D eigenvalue weighted by molar-refractivity contribution is -0.136. The number of rotatable bonds is 12. The number of thiophene rings is 1. The Hall–Kier alpha value is -2.00. The minimum Gasteiger partial charge on any atom is -0.491 e. The summed E-state index contributed by atoms with van der Waals surface area (Å²) in [7, 11) is 1.56. The second-order valence-corrected chi connectivity index (χ2v) is 9.94. The largest absolute Gasteiger partial charge is 0.491 e. The summed E-state index contributed by atoms with van der Waals surface area (Å²) in [4.78, 5) is 18.7. The smallest absolute Gasteiger partial charge is 0.237 e. The molecule has 182 valence electrons. The van der Waals surface area contributed by atoms with Gasteiger partial charge in [-0.15, -0.1) is 11.3 Å². The summed E-state index contributed by atoms with van der Waals surface area (Å²) >= 11 is 1.71. The molecule has 1 aromatic carbocycles. The molecule has 0 aliphatic carbocycles. The highest BCUT2D eigenvalue weighted by Gasteiger charge is 2.33. The minimum atomic E-state index is -0.641. The highest BCUT2D eigenvalue weighted by molar-refractivity contribution is 7.10. The summed E-state index contributed by atoms with van der Waals surface area (Å²) in [6.07, 6.45) is 1.13. The number of aliphatic hydroxyl groups excluding tert-OH is 1. The zero-order chi connectivity index (χ0) is 23.8. The van der Waals surface area contributed by atoms with E-state index in [9.17, 15) is 14.3 Å².